The first-order valence-electron chi connectivity index (χ1n) is 8.52. The average molecular weight is 392 g/mol. The van der Waals surface area contributed by atoms with E-state index in [2.05, 4.69) is 0 Å². The standard InChI is InChI=1S/C21H16N2O4S/c1-22-16(11-12-17(22)21(24)27-2)19-15-5-3-4-6-18(15)28-20(19)13-7-9-14(10-8-13)23(25)26/h3-12H,1-2H3. The first-order valence-corrected chi connectivity index (χ1v) is 9.33. The molecule has 4 rings (SSSR count). The maximum atomic E-state index is 12.0. The van der Waals surface area contributed by atoms with E-state index in [1.54, 1.807) is 29.5 Å². The van der Waals surface area contributed by atoms with Crippen molar-refractivity contribution in [2.45, 2.75) is 0 Å². The molecule has 0 spiro atoms. The number of carbonyl (C=O) groups is 1. The smallest absolute Gasteiger partial charge is 0.354 e. The topological polar surface area (TPSA) is 74.4 Å². The number of thiophene rings is 1. The Morgan fingerprint density at radius 2 is 1.79 bits per heavy atom. The molecule has 2 aromatic carbocycles. The minimum Gasteiger partial charge on any atom is -0.464 e. The number of methoxy groups -OCH3 is 1. The predicted octanol–water partition coefficient (Wildman–Crippen LogP) is 5.27. The molecule has 28 heavy (non-hydrogen) atoms. The molecule has 140 valence electrons. The van der Waals surface area contributed by atoms with Crippen LogP contribution in [0.2, 0.25) is 0 Å². The van der Waals surface area contributed by atoms with Gasteiger partial charge >= 0.3 is 5.97 Å². The number of hydrogen-bond donors (Lipinski definition) is 0. The van der Waals surface area contributed by atoms with Gasteiger partial charge in [0.05, 0.1) is 17.7 Å². The maximum absolute atomic E-state index is 12.0. The van der Waals surface area contributed by atoms with Crippen molar-refractivity contribution < 1.29 is 14.5 Å². The Hall–Kier alpha value is -3.45. The summed E-state index contributed by atoms with van der Waals surface area (Å²) >= 11 is 1.62. The van der Waals surface area contributed by atoms with E-state index in [-0.39, 0.29) is 5.69 Å². The highest BCUT2D eigenvalue weighted by Gasteiger charge is 2.21. The molecule has 0 amide bonds. The molecule has 0 radical (unpaired) electrons. The lowest BCUT2D eigenvalue weighted by Gasteiger charge is -2.09. The van der Waals surface area contributed by atoms with Gasteiger partial charge < -0.3 is 9.30 Å². The fourth-order valence-electron chi connectivity index (χ4n) is 3.31. The average Bonchev–Trinajstić information content (AvgIpc) is 3.27. The molecule has 0 fully saturated rings. The first-order chi connectivity index (χ1) is 13.5. The van der Waals surface area contributed by atoms with Crippen molar-refractivity contribution in [3.05, 3.63) is 76.5 Å². The number of nitro benzene ring substituents is 1. The molecule has 2 aromatic heterocycles. The van der Waals surface area contributed by atoms with E-state index >= 15 is 0 Å². The predicted molar refractivity (Wildman–Crippen MR) is 110 cm³/mol. The summed E-state index contributed by atoms with van der Waals surface area (Å²) in [6.45, 7) is 0. The van der Waals surface area contributed by atoms with Crippen LogP contribution in [0.5, 0.6) is 0 Å². The molecule has 0 unspecified atom stereocenters. The molecule has 0 atom stereocenters. The second-order valence-electron chi connectivity index (χ2n) is 6.26. The van der Waals surface area contributed by atoms with Crippen molar-refractivity contribution in [1.29, 1.82) is 0 Å². The van der Waals surface area contributed by atoms with Crippen molar-refractivity contribution in [3.8, 4) is 21.7 Å². The van der Waals surface area contributed by atoms with Crippen molar-refractivity contribution in [3.63, 3.8) is 0 Å². The number of rotatable bonds is 4. The summed E-state index contributed by atoms with van der Waals surface area (Å²) in [5.74, 6) is -0.398. The number of non-ortho nitro benzene ring substituents is 1. The molecule has 0 N–H and O–H groups in total. The van der Waals surface area contributed by atoms with Gasteiger partial charge in [-0.1, -0.05) is 18.2 Å². The van der Waals surface area contributed by atoms with Gasteiger partial charge in [0, 0.05) is 39.7 Å². The third kappa shape index (κ3) is 2.86. The highest BCUT2D eigenvalue weighted by atomic mass is 32.1. The minimum atomic E-state index is -0.407. The van der Waals surface area contributed by atoms with Gasteiger partial charge in [0.1, 0.15) is 5.69 Å². The second-order valence-corrected chi connectivity index (χ2v) is 7.31. The largest absolute Gasteiger partial charge is 0.464 e. The van der Waals surface area contributed by atoms with Gasteiger partial charge in [-0.2, -0.15) is 0 Å². The van der Waals surface area contributed by atoms with E-state index in [4.69, 9.17) is 4.74 Å². The van der Waals surface area contributed by atoms with Crippen LogP contribution in [-0.2, 0) is 11.8 Å². The molecular formula is C21H16N2O4S. The zero-order valence-corrected chi connectivity index (χ0v) is 16.0. The van der Waals surface area contributed by atoms with Gasteiger partial charge in [0.25, 0.3) is 5.69 Å². The monoisotopic (exact) mass is 392 g/mol. The number of aromatic nitrogens is 1. The number of carbonyl (C=O) groups excluding carboxylic acids is 1. The van der Waals surface area contributed by atoms with Crippen LogP contribution >= 0.6 is 11.3 Å². The number of fused-ring (bicyclic) bond motifs is 1. The van der Waals surface area contributed by atoms with E-state index in [0.29, 0.717) is 5.69 Å². The normalized spacial score (nSPS) is 10.9. The number of benzene rings is 2. The summed E-state index contributed by atoms with van der Waals surface area (Å²) in [5, 5.41) is 12.0. The fourth-order valence-corrected chi connectivity index (χ4v) is 4.53. The van der Waals surface area contributed by atoms with Gasteiger partial charge in [-0.15, -0.1) is 11.3 Å². The quantitative estimate of drug-likeness (QED) is 0.269. The van der Waals surface area contributed by atoms with Gasteiger partial charge in [-0.3, -0.25) is 10.1 Å². The lowest BCUT2D eigenvalue weighted by Crippen LogP contribution is -2.08. The van der Waals surface area contributed by atoms with Crippen LogP contribution in [0.1, 0.15) is 10.5 Å². The number of esters is 1. The van der Waals surface area contributed by atoms with Gasteiger partial charge in [0.15, 0.2) is 0 Å². The van der Waals surface area contributed by atoms with Crippen LogP contribution in [0, 0.1) is 10.1 Å². The fraction of sp³-hybridized carbons (Fsp3) is 0.0952. The molecule has 0 saturated carbocycles. The Morgan fingerprint density at radius 1 is 1.07 bits per heavy atom. The molecule has 6 nitrogen and oxygen atoms in total. The van der Waals surface area contributed by atoms with Crippen molar-refractivity contribution in [2.24, 2.45) is 7.05 Å². The lowest BCUT2D eigenvalue weighted by atomic mass is 10.0. The summed E-state index contributed by atoms with van der Waals surface area (Å²) in [6, 6.07) is 18.2. The summed E-state index contributed by atoms with van der Waals surface area (Å²) in [7, 11) is 3.19. The number of nitrogens with zero attached hydrogens (tertiary/aromatic N) is 2. The van der Waals surface area contributed by atoms with Crippen molar-refractivity contribution in [2.75, 3.05) is 7.11 Å². The second kappa shape index (κ2) is 6.94. The number of nitro groups is 1. The molecular weight excluding hydrogens is 376 g/mol. The Kier molecular flexibility index (Phi) is 4.44. The highest BCUT2D eigenvalue weighted by molar-refractivity contribution is 7.23. The van der Waals surface area contributed by atoms with Crippen LogP contribution < -0.4 is 0 Å². The zero-order chi connectivity index (χ0) is 19.8. The third-order valence-corrected chi connectivity index (χ3v) is 5.93. The summed E-state index contributed by atoms with van der Waals surface area (Å²) < 4.78 is 7.78. The van der Waals surface area contributed by atoms with E-state index < -0.39 is 10.9 Å². The molecule has 7 heteroatoms. The Balaban J connectivity index is 1.95. The first kappa shape index (κ1) is 17.9. The van der Waals surface area contributed by atoms with Gasteiger partial charge in [-0.05, 0) is 35.9 Å². The zero-order valence-electron chi connectivity index (χ0n) is 15.2. The van der Waals surface area contributed by atoms with Gasteiger partial charge in [-0.25, -0.2) is 4.79 Å². The summed E-state index contributed by atoms with van der Waals surface area (Å²) in [6.07, 6.45) is 0. The van der Waals surface area contributed by atoms with Crippen molar-refractivity contribution >= 4 is 33.1 Å². The highest BCUT2D eigenvalue weighted by Crippen LogP contribution is 2.45. The number of hydrogen-bond acceptors (Lipinski definition) is 5. The molecule has 4 aromatic rings. The van der Waals surface area contributed by atoms with E-state index in [0.717, 1.165) is 31.8 Å². The van der Waals surface area contributed by atoms with E-state index in [1.165, 1.54) is 19.2 Å². The Bertz CT molecular complexity index is 1210. The van der Waals surface area contributed by atoms with Gasteiger partial charge in [0.2, 0.25) is 0 Å². The molecule has 0 saturated heterocycles. The van der Waals surface area contributed by atoms with Crippen molar-refractivity contribution in [1.82, 2.24) is 4.57 Å². The van der Waals surface area contributed by atoms with Crippen LogP contribution in [0.4, 0.5) is 5.69 Å². The molecule has 0 aliphatic carbocycles. The Labute approximate surface area is 164 Å². The van der Waals surface area contributed by atoms with Crippen LogP contribution in [0.25, 0.3) is 31.8 Å². The maximum Gasteiger partial charge on any atom is 0.354 e. The SMILES string of the molecule is COC(=O)c1ccc(-c2c(-c3ccc([N+](=O)[O-])cc3)sc3ccccc23)n1C. The molecule has 0 aliphatic heterocycles. The summed E-state index contributed by atoms with van der Waals surface area (Å²) in [5.41, 5.74) is 3.28. The Morgan fingerprint density at radius 3 is 2.46 bits per heavy atom. The lowest BCUT2D eigenvalue weighted by molar-refractivity contribution is -0.384. The van der Waals surface area contributed by atoms with Crippen LogP contribution in [0.15, 0.2) is 60.7 Å². The molecule has 2 heterocycles. The third-order valence-electron chi connectivity index (χ3n) is 4.71. The minimum absolute atomic E-state index is 0.0539. The van der Waals surface area contributed by atoms with E-state index in [1.807, 2.05) is 41.9 Å². The summed E-state index contributed by atoms with van der Waals surface area (Å²) in [4.78, 5) is 23.6. The van der Waals surface area contributed by atoms with Crippen LogP contribution in [-0.4, -0.2) is 22.6 Å². The number of ether oxygens (including phenoxy) is 1. The van der Waals surface area contributed by atoms with Crippen LogP contribution in [0.3, 0.4) is 0 Å². The molecule has 0 aliphatic rings. The molecule has 0 bridgehead atoms. The van der Waals surface area contributed by atoms with E-state index in [9.17, 15) is 14.9 Å².